The fourth-order valence-corrected chi connectivity index (χ4v) is 1.71. The van der Waals surface area contributed by atoms with Crippen LogP contribution in [0.2, 0.25) is 0 Å². The Morgan fingerprint density at radius 3 is 2.76 bits per heavy atom. The van der Waals surface area contributed by atoms with Gasteiger partial charge in [-0.05, 0) is 18.7 Å². The van der Waals surface area contributed by atoms with E-state index in [4.69, 9.17) is 0 Å². The Bertz CT molecular complexity index is 524. The van der Waals surface area contributed by atoms with Crippen molar-refractivity contribution in [3.63, 3.8) is 0 Å². The largest absolute Gasteiger partial charge is 0.464 e. The van der Waals surface area contributed by atoms with Crippen LogP contribution in [0.15, 0.2) is 22.6 Å². The summed E-state index contributed by atoms with van der Waals surface area (Å²) < 4.78 is 4.52. The van der Waals surface area contributed by atoms with E-state index in [-0.39, 0.29) is 5.69 Å². The van der Waals surface area contributed by atoms with Gasteiger partial charge in [0.05, 0.1) is 19.5 Å². The number of rotatable bonds is 3. The van der Waals surface area contributed by atoms with Crippen molar-refractivity contribution in [2.75, 3.05) is 7.11 Å². The van der Waals surface area contributed by atoms with E-state index < -0.39 is 5.97 Å². The predicted molar refractivity (Wildman–Crippen MR) is 58.6 cm³/mol. The standard InChI is InChI=1S/C9H9N5O2S/c1-5-12-9(14-13-5)17-7-4-10-6(3-11-7)8(15)16-2/h3-4H,1-2H3,(H,12,13,14). The van der Waals surface area contributed by atoms with E-state index in [1.807, 2.05) is 6.92 Å². The maximum Gasteiger partial charge on any atom is 0.358 e. The number of nitrogens with one attached hydrogen (secondary N) is 1. The second-order valence-electron chi connectivity index (χ2n) is 3.04. The Balaban J connectivity index is 2.10. The number of methoxy groups -OCH3 is 1. The predicted octanol–water partition coefficient (Wildman–Crippen LogP) is 0.841. The van der Waals surface area contributed by atoms with E-state index in [0.29, 0.717) is 10.2 Å². The van der Waals surface area contributed by atoms with Crippen molar-refractivity contribution in [1.29, 1.82) is 0 Å². The zero-order chi connectivity index (χ0) is 12.3. The van der Waals surface area contributed by atoms with Gasteiger partial charge in [0.25, 0.3) is 0 Å². The van der Waals surface area contributed by atoms with Gasteiger partial charge in [0.15, 0.2) is 5.69 Å². The molecule has 0 aliphatic rings. The van der Waals surface area contributed by atoms with Crippen molar-refractivity contribution in [1.82, 2.24) is 25.1 Å². The summed E-state index contributed by atoms with van der Waals surface area (Å²) in [5, 5.41) is 7.84. The smallest absolute Gasteiger partial charge is 0.358 e. The minimum Gasteiger partial charge on any atom is -0.464 e. The molecule has 0 bridgehead atoms. The lowest BCUT2D eigenvalue weighted by atomic mass is 10.5. The number of aromatic nitrogens is 5. The van der Waals surface area contributed by atoms with Gasteiger partial charge in [-0.15, -0.1) is 5.10 Å². The molecule has 0 spiro atoms. The highest BCUT2D eigenvalue weighted by Crippen LogP contribution is 2.21. The number of carbonyl (C=O) groups excluding carboxylic acids is 1. The second-order valence-corrected chi connectivity index (χ2v) is 4.02. The maximum atomic E-state index is 11.1. The van der Waals surface area contributed by atoms with E-state index in [0.717, 1.165) is 5.82 Å². The van der Waals surface area contributed by atoms with Crippen LogP contribution in [0, 0.1) is 6.92 Å². The monoisotopic (exact) mass is 251 g/mol. The quantitative estimate of drug-likeness (QED) is 0.808. The van der Waals surface area contributed by atoms with Crippen molar-refractivity contribution < 1.29 is 9.53 Å². The average Bonchev–Trinajstić information content (AvgIpc) is 2.75. The van der Waals surface area contributed by atoms with Crippen LogP contribution in [0.1, 0.15) is 16.3 Å². The van der Waals surface area contributed by atoms with Gasteiger partial charge in [-0.2, -0.15) is 0 Å². The maximum absolute atomic E-state index is 11.1. The van der Waals surface area contributed by atoms with E-state index in [1.54, 1.807) is 0 Å². The molecule has 17 heavy (non-hydrogen) atoms. The molecule has 0 aliphatic carbocycles. The zero-order valence-corrected chi connectivity index (χ0v) is 9.98. The Labute approximate surface area is 101 Å². The first-order chi connectivity index (χ1) is 8.19. The number of aryl methyl sites for hydroxylation is 1. The number of H-pyrrole nitrogens is 1. The molecule has 0 fully saturated rings. The van der Waals surface area contributed by atoms with Crippen LogP contribution in [0.5, 0.6) is 0 Å². The van der Waals surface area contributed by atoms with Crippen LogP contribution >= 0.6 is 11.8 Å². The summed E-state index contributed by atoms with van der Waals surface area (Å²) in [6.45, 7) is 1.81. The number of carbonyl (C=O) groups is 1. The van der Waals surface area contributed by atoms with E-state index in [9.17, 15) is 4.79 Å². The van der Waals surface area contributed by atoms with Crippen LogP contribution in [0.3, 0.4) is 0 Å². The van der Waals surface area contributed by atoms with Crippen molar-refractivity contribution in [3.8, 4) is 0 Å². The van der Waals surface area contributed by atoms with Gasteiger partial charge >= 0.3 is 5.97 Å². The van der Waals surface area contributed by atoms with Gasteiger partial charge in [0.2, 0.25) is 5.16 Å². The molecule has 0 amide bonds. The molecule has 2 heterocycles. The Kier molecular flexibility index (Phi) is 3.33. The van der Waals surface area contributed by atoms with Gasteiger partial charge in [0.1, 0.15) is 10.9 Å². The van der Waals surface area contributed by atoms with Crippen molar-refractivity contribution >= 4 is 17.7 Å². The van der Waals surface area contributed by atoms with Crippen molar-refractivity contribution in [3.05, 3.63) is 23.9 Å². The van der Waals surface area contributed by atoms with Gasteiger partial charge in [-0.25, -0.2) is 19.7 Å². The molecule has 0 radical (unpaired) electrons. The summed E-state index contributed by atoms with van der Waals surface area (Å²) in [4.78, 5) is 23.2. The molecular weight excluding hydrogens is 242 g/mol. The first kappa shape index (κ1) is 11.5. The summed E-state index contributed by atoms with van der Waals surface area (Å²) >= 11 is 1.26. The summed E-state index contributed by atoms with van der Waals surface area (Å²) in [6, 6.07) is 0. The molecule has 8 heteroatoms. The number of esters is 1. The minimum absolute atomic E-state index is 0.169. The first-order valence-electron chi connectivity index (χ1n) is 4.66. The molecule has 7 nitrogen and oxygen atoms in total. The molecule has 0 aliphatic heterocycles. The highest BCUT2D eigenvalue weighted by Gasteiger charge is 2.09. The summed E-state index contributed by atoms with van der Waals surface area (Å²) in [5.74, 6) is 0.217. The van der Waals surface area contributed by atoms with Crippen molar-refractivity contribution in [2.24, 2.45) is 0 Å². The molecule has 2 aromatic rings. The highest BCUT2D eigenvalue weighted by molar-refractivity contribution is 7.99. The lowest BCUT2D eigenvalue weighted by Gasteiger charge is -1.98. The molecule has 0 saturated carbocycles. The normalized spacial score (nSPS) is 10.2. The Morgan fingerprint density at radius 2 is 2.24 bits per heavy atom. The number of hydrogen-bond donors (Lipinski definition) is 1. The SMILES string of the molecule is COC(=O)c1cnc(Sc2n[nH]c(C)n2)cn1. The molecular formula is C9H9N5O2S. The minimum atomic E-state index is -0.511. The lowest BCUT2D eigenvalue weighted by molar-refractivity contribution is 0.0593. The van der Waals surface area contributed by atoms with E-state index >= 15 is 0 Å². The van der Waals surface area contributed by atoms with Gasteiger partial charge < -0.3 is 4.74 Å². The Morgan fingerprint density at radius 1 is 1.41 bits per heavy atom. The summed E-state index contributed by atoms with van der Waals surface area (Å²) in [6.07, 6.45) is 2.83. The molecule has 0 aromatic carbocycles. The zero-order valence-electron chi connectivity index (χ0n) is 9.17. The van der Waals surface area contributed by atoms with E-state index in [2.05, 4.69) is 29.9 Å². The van der Waals surface area contributed by atoms with Gasteiger partial charge in [-0.3, -0.25) is 5.10 Å². The second kappa shape index (κ2) is 4.91. The third kappa shape index (κ3) is 2.78. The first-order valence-corrected chi connectivity index (χ1v) is 5.48. The summed E-state index contributed by atoms with van der Waals surface area (Å²) in [5.41, 5.74) is 0.169. The fraction of sp³-hybridized carbons (Fsp3) is 0.222. The van der Waals surface area contributed by atoms with Crippen molar-refractivity contribution in [2.45, 2.75) is 17.1 Å². The molecule has 2 rings (SSSR count). The number of nitrogens with zero attached hydrogens (tertiary/aromatic N) is 4. The average molecular weight is 251 g/mol. The lowest BCUT2D eigenvalue weighted by Crippen LogP contribution is -2.04. The topological polar surface area (TPSA) is 93.7 Å². The van der Waals surface area contributed by atoms with Crippen LogP contribution in [0.4, 0.5) is 0 Å². The molecule has 0 saturated heterocycles. The Hall–Kier alpha value is -1.96. The molecule has 0 unspecified atom stereocenters. The third-order valence-electron chi connectivity index (χ3n) is 1.80. The van der Waals surface area contributed by atoms with Gasteiger partial charge in [-0.1, -0.05) is 0 Å². The van der Waals surface area contributed by atoms with Gasteiger partial charge in [0, 0.05) is 0 Å². The number of ether oxygens (including phenoxy) is 1. The summed E-state index contributed by atoms with van der Waals surface area (Å²) in [7, 11) is 1.29. The molecule has 2 aromatic heterocycles. The van der Waals surface area contributed by atoms with Crippen LogP contribution in [-0.2, 0) is 4.74 Å². The fourth-order valence-electron chi connectivity index (χ4n) is 1.04. The van der Waals surface area contributed by atoms with E-state index in [1.165, 1.54) is 31.3 Å². The molecule has 0 atom stereocenters. The van der Waals surface area contributed by atoms with Crippen LogP contribution < -0.4 is 0 Å². The number of hydrogen-bond acceptors (Lipinski definition) is 7. The number of aromatic amines is 1. The molecule has 1 N–H and O–H groups in total. The molecule has 88 valence electrons. The van der Waals surface area contributed by atoms with Crippen LogP contribution in [-0.4, -0.2) is 38.2 Å². The third-order valence-corrected chi connectivity index (χ3v) is 2.58. The highest BCUT2D eigenvalue weighted by atomic mass is 32.2. The van der Waals surface area contributed by atoms with Crippen LogP contribution in [0.25, 0.3) is 0 Å².